The Kier molecular flexibility index (Phi) is 7.24. The topological polar surface area (TPSA) is 45.6 Å². The molecule has 1 aromatic carbocycles. The zero-order valence-electron chi connectivity index (χ0n) is 18.7. The average molecular weight is 494 g/mol. The van der Waals surface area contributed by atoms with Crippen molar-refractivity contribution in [1.82, 2.24) is 10.6 Å². The van der Waals surface area contributed by atoms with Crippen LogP contribution in [-0.2, 0) is 10.7 Å². The highest BCUT2D eigenvalue weighted by Crippen LogP contribution is 2.33. The van der Waals surface area contributed by atoms with E-state index in [1.807, 2.05) is 26.0 Å². The van der Waals surface area contributed by atoms with Gasteiger partial charge in [0.15, 0.2) is 0 Å². The highest BCUT2D eigenvalue weighted by Gasteiger charge is 2.29. The number of hydrogen-bond donors (Lipinski definition) is 2. The van der Waals surface area contributed by atoms with Crippen molar-refractivity contribution in [3.8, 4) is 0 Å². The molecule has 2 aliphatic rings. The molecule has 3 rings (SSSR count). The summed E-state index contributed by atoms with van der Waals surface area (Å²) in [5, 5.41) is 6.96. The fourth-order valence-electron chi connectivity index (χ4n) is 4.11. The molecule has 0 saturated heterocycles. The van der Waals surface area contributed by atoms with Gasteiger partial charge in [0.05, 0.1) is 17.6 Å². The first-order valence-electron chi connectivity index (χ1n) is 10.6. The second kappa shape index (κ2) is 9.55. The van der Waals surface area contributed by atoms with E-state index in [-0.39, 0.29) is 17.8 Å². The molecule has 1 aliphatic heterocycles. The van der Waals surface area contributed by atoms with Crippen molar-refractivity contribution in [2.75, 3.05) is 7.11 Å². The standard InChI is InChI=1S/C24H30BrF2N3O/c1-14-17(9-8-10-19(14)24(4,26)27)15(2)28-23-18-13-20(25)22(31-5)12-7-6-11-21(18)29-16(3)30-23/h8-10,12-13,15-16,29H,6-7,11H2,1-5H3,(H,28,30)/b20-13+,22-12-/t15-,16?/m1/s1. The van der Waals surface area contributed by atoms with Gasteiger partial charge in [-0.05, 0) is 79.2 Å². The summed E-state index contributed by atoms with van der Waals surface area (Å²) in [5.74, 6) is -1.35. The molecule has 0 aromatic heterocycles. The summed E-state index contributed by atoms with van der Waals surface area (Å²) >= 11 is 3.63. The van der Waals surface area contributed by atoms with E-state index in [4.69, 9.17) is 9.73 Å². The van der Waals surface area contributed by atoms with Crippen LogP contribution in [0.1, 0.15) is 62.8 Å². The fraction of sp³-hybridized carbons (Fsp3) is 0.458. The predicted molar refractivity (Wildman–Crippen MR) is 125 cm³/mol. The van der Waals surface area contributed by atoms with Crippen LogP contribution in [0.3, 0.4) is 0 Å². The molecular formula is C24H30BrF2N3O. The Hall–Kier alpha value is -2.15. The number of alkyl halides is 2. The van der Waals surface area contributed by atoms with Gasteiger partial charge in [-0.15, -0.1) is 0 Å². The van der Waals surface area contributed by atoms with E-state index < -0.39 is 5.92 Å². The van der Waals surface area contributed by atoms with E-state index in [1.165, 1.54) is 6.07 Å². The normalized spacial score (nSPS) is 24.1. The van der Waals surface area contributed by atoms with Crippen LogP contribution in [0.2, 0.25) is 0 Å². The summed E-state index contributed by atoms with van der Waals surface area (Å²) in [7, 11) is 1.66. The Balaban J connectivity index is 1.97. The highest BCUT2D eigenvalue weighted by molar-refractivity contribution is 9.12. The Morgan fingerprint density at radius 3 is 2.77 bits per heavy atom. The highest BCUT2D eigenvalue weighted by atomic mass is 79.9. The van der Waals surface area contributed by atoms with Gasteiger partial charge in [-0.3, -0.25) is 0 Å². The van der Waals surface area contributed by atoms with Gasteiger partial charge in [-0.1, -0.05) is 18.2 Å². The van der Waals surface area contributed by atoms with Crippen LogP contribution in [-0.4, -0.2) is 19.1 Å². The second-order valence-electron chi connectivity index (χ2n) is 8.12. The number of allylic oxidation sites excluding steroid dienone is 3. The van der Waals surface area contributed by atoms with Crippen molar-refractivity contribution < 1.29 is 13.5 Å². The van der Waals surface area contributed by atoms with E-state index in [2.05, 4.69) is 32.6 Å². The third kappa shape index (κ3) is 5.37. The molecule has 2 atom stereocenters. The molecule has 1 aromatic rings. The maximum absolute atomic E-state index is 14.0. The van der Waals surface area contributed by atoms with E-state index in [1.54, 1.807) is 20.1 Å². The molecule has 0 bridgehead atoms. The van der Waals surface area contributed by atoms with Crippen LogP contribution in [0.5, 0.6) is 0 Å². The monoisotopic (exact) mass is 493 g/mol. The van der Waals surface area contributed by atoms with Gasteiger partial charge in [-0.2, -0.15) is 0 Å². The first-order chi connectivity index (χ1) is 14.6. The molecule has 168 valence electrons. The van der Waals surface area contributed by atoms with Crippen molar-refractivity contribution in [3.63, 3.8) is 0 Å². The number of rotatable bonds is 4. The third-order valence-electron chi connectivity index (χ3n) is 5.64. The zero-order valence-corrected chi connectivity index (χ0v) is 20.2. The molecular weight excluding hydrogens is 464 g/mol. The molecule has 0 amide bonds. The molecule has 31 heavy (non-hydrogen) atoms. The predicted octanol–water partition coefficient (Wildman–Crippen LogP) is 6.35. The summed E-state index contributed by atoms with van der Waals surface area (Å²) in [6.07, 6.45) is 6.78. The molecule has 4 nitrogen and oxygen atoms in total. The smallest absolute Gasteiger partial charge is 0.270 e. The van der Waals surface area contributed by atoms with Crippen molar-refractivity contribution >= 4 is 21.8 Å². The van der Waals surface area contributed by atoms with Crippen LogP contribution >= 0.6 is 15.9 Å². The van der Waals surface area contributed by atoms with E-state index in [0.29, 0.717) is 5.56 Å². The van der Waals surface area contributed by atoms with E-state index >= 15 is 0 Å². The molecule has 1 unspecified atom stereocenters. The molecule has 0 spiro atoms. The summed E-state index contributed by atoms with van der Waals surface area (Å²) in [6, 6.07) is 4.88. The lowest BCUT2D eigenvalue weighted by Crippen LogP contribution is -2.39. The lowest BCUT2D eigenvalue weighted by atomic mass is 9.94. The van der Waals surface area contributed by atoms with Crippen LogP contribution in [0.25, 0.3) is 0 Å². The molecule has 1 aliphatic carbocycles. The first-order valence-corrected chi connectivity index (χ1v) is 11.3. The number of halogens is 3. The first kappa shape index (κ1) is 23.5. The SMILES string of the molecule is COC1=C\CCCC2=C(/C=C\1Br)C(N[C@H](C)c1cccc(C(C)(F)F)c1C)=NC(C)N2. The number of benzene rings is 1. The maximum Gasteiger partial charge on any atom is 0.270 e. The van der Waals surface area contributed by atoms with Crippen LogP contribution in [0.15, 0.2) is 56.9 Å². The minimum Gasteiger partial charge on any atom is -0.496 e. The van der Waals surface area contributed by atoms with Crippen molar-refractivity contribution in [3.05, 3.63) is 68.6 Å². The molecule has 7 heteroatoms. The summed E-state index contributed by atoms with van der Waals surface area (Å²) < 4.78 is 34.4. The molecule has 2 N–H and O–H groups in total. The zero-order chi connectivity index (χ0) is 22.8. The van der Waals surface area contributed by atoms with E-state index in [0.717, 1.165) is 59.1 Å². The number of hydrogen-bond acceptors (Lipinski definition) is 4. The van der Waals surface area contributed by atoms with Crippen molar-refractivity contribution in [1.29, 1.82) is 0 Å². The summed E-state index contributed by atoms with van der Waals surface area (Å²) in [5.41, 5.74) is 3.56. The molecule has 0 radical (unpaired) electrons. The number of nitrogens with one attached hydrogen (secondary N) is 2. The van der Waals surface area contributed by atoms with Gasteiger partial charge in [0, 0.05) is 23.8 Å². The number of ether oxygens (including phenoxy) is 1. The van der Waals surface area contributed by atoms with Gasteiger partial charge >= 0.3 is 0 Å². The number of methoxy groups -OCH3 is 1. The minimum atomic E-state index is -2.88. The minimum absolute atomic E-state index is 0.0547. The van der Waals surface area contributed by atoms with Crippen LogP contribution in [0.4, 0.5) is 8.78 Å². The van der Waals surface area contributed by atoms with Gasteiger partial charge in [0.1, 0.15) is 17.8 Å². The number of amidine groups is 1. The van der Waals surface area contributed by atoms with Crippen LogP contribution < -0.4 is 10.6 Å². The van der Waals surface area contributed by atoms with Gasteiger partial charge < -0.3 is 15.4 Å². The Morgan fingerprint density at radius 2 is 2.10 bits per heavy atom. The fourth-order valence-corrected chi connectivity index (χ4v) is 4.67. The van der Waals surface area contributed by atoms with Gasteiger partial charge in [0.2, 0.25) is 0 Å². The number of aliphatic imine (C=N–C) groups is 1. The third-order valence-corrected chi connectivity index (χ3v) is 6.26. The summed E-state index contributed by atoms with van der Waals surface area (Å²) in [4.78, 5) is 4.78. The molecule has 0 saturated carbocycles. The second-order valence-corrected chi connectivity index (χ2v) is 8.98. The largest absolute Gasteiger partial charge is 0.496 e. The molecule has 1 heterocycles. The van der Waals surface area contributed by atoms with Gasteiger partial charge in [0.25, 0.3) is 5.92 Å². The lowest BCUT2D eigenvalue weighted by molar-refractivity contribution is 0.0167. The van der Waals surface area contributed by atoms with Crippen molar-refractivity contribution in [2.24, 2.45) is 4.99 Å². The number of nitrogens with zero attached hydrogens (tertiary/aromatic N) is 1. The van der Waals surface area contributed by atoms with E-state index in [9.17, 15) is 8.78 Å². The van der Waals surface area contributed by atoms with Crippen molar-refractivity contribution in [2.45, 2.75) is 65.1 Å². The summed E-state index contributed by atoms with van der Waals surface area (Å²) in [6.45, 7) is 6.67. The molecule has 0 fully saturated rings. The average Bonchev–Trinajstić information content (AvgIpc) is 2.76. The Bertz CT molecular complexity index is 960. The quantitative estimate of drug-likeness (QED) is 0.513. The Morgan fingerprint density at radius 1 is 1.35 bits per heavy atom. The van der Waals surface area contributed by atoms with Gasteiger partial charge in [-0.25, -0.2) is 13.8 Å². The Labute approximate surface area is 191 Å². The lowest BCUT2D eigenvalue weighted by Gasteiger charge is -2.29. The van der Waals surface area contributed by atoms with Crippen LogP contribution in [0, 0.1) is 6.92 Å². The maximum atomic E-state index is 14.0.